The molecule has 2 fully saturated rings. The molecule has 1 aromatic heterocycles. The van der Waals surface area contributed by atoms with Crippen molar-refractivity contribution < 1.29 is 8.78 Å². The molecular formula is C8H8BrF2N3S. The normalized spacial score (nSPS) is 36.3. The van der Waals surface area contributed by atoms with Gasteiger partial charge in [-0.2, -0.15) is 0 Å². The first-order valence-electron chi connectivity index (χ1n) is 4.70. The van der Waals surface area contributed by atoms with Gasteiger partial charge in [0.15, 0.2) is 3.92 Å². The van der Waals surface area contributed by atoms with Gasteiger partial charge in [0.2, 0.25) is 5.13 Å². The Morgan fingerprint density at radius 3 is 2.53 bits per heavy atom. The van der Waals surface area contributed by atoms with Crippen LogP contribution in [0, 0.1) is 11.8 Å². The first kappa shape index (κ1) is 9.89. The van der Waals surface area contributed by atoms with Gasteiger partial charge in [0.25, 0.3) is 5.92 Å². The fourth-order valence-electron chi connectivity index (χ4n) is 2.37. The molecule has 2 unspecified atom stereocenters. The summed E-state index contributed by atoms with van der Waals surface area (Å²) in [6.45, 7) is 0. The summed E-state index contributed by atoms with van der Waals surface area (Å²) in [4.78, 5) is 0. The average Bonchev–Trinajstić information content (AvgIpc) is 2.64. The Labute approximate surface area is 97.4 Å². The Balaban J connectivity index is 1.60. The van der Waals surface area contributed by atoms with Gasteiger partial charge in [0.05, 0.1) is 0 Å². The van der Waals surface area contributed by atoms with E-state index in [0.717, 1.165) is 0 Å². The number of hydrogen-bond acceptors (Lipinski definition) is 4. The van der Waals surface area contributed by atoms with E-state index in [1.165, 1.54) is 11.3 Å². The van der Waals surface area contributed by atoms with Gasteiger partial charge in [-0.15, -0.1) is 10.2 Å². The van der Waals surface area contributed by atoms with Gasteiger partial charge in [-0.3, -0.25) is 0 Å². The maximum Gasteiger partial charge on any atom is 0.254 e. The van der Waals surface area contributed by atoms with Crippen molar-refractivity contribution in [3.8, 4) is 0 Å². The van der Waals surface area contributed by atoms with Gasteiger partial charge in [-0.1, -0.05) is 11.3 Å². The van der Waals surface area contributed by atoms with Crippen molar-refractivity contribution >= 4 is 32.4 Å². The third kappa shape index (κ3) is 1.56. The predicted molar refractivity (Wildman–Crippen MR) is 56.2 cm³/mol. The number of nitrogens with one attached hydrogen (secondary N) is 1. The van der Waals surface area contributed by atoms with Crippen LogP contribution in [0.3, 0.4) is 0 Å². The van der Waals surface area contributed by atoms with Crippen molar-refractivity contribution in [2.75, 3.05) is 5.32 Å². The molecule has 3 nitrogen and oxygen atoms in total. The van der Waals surface area contributed by atoms with E-state index in [2.05, 4.69) is 31.4 Å². The lowest BCUT2D eigenvalue weighted by molar-refractivity contribution is 0.0710. The number of alkyl halides is 2. The number of hydrogen-bond donors (Lipinski definition) is 1. The van der Waals surface area contributed by atoms with Crippen LogP contribution in [0.1, 0.15) is 12.8 Å². The van der Waals surface area contributed by atoms with Crippen LogP contribution in [0.2, 0.25) is 0 Å². The minimum absolute atomic E-state index is 0.138. The summed E-state index contributed by atoms with van der Waals surface area (Å²) < 4.78 is 26.5. The molecule has 1 heterocycles. The van der Waals surface area contributed by atoms with Crippen molar-refractivity contribution in [1.29, 1.82) is 0 Å². The van der Waals surface area contributed by atoms with Crippen LogP contribution in [0.5, 0.6) is 0 Å². The average molecular weight is 296 g/mol. The van der Waals surface area contributed by atoms with Crippen LogP contribution < -0.4 is 5.32 Å². The van der Waals surface area contributed by atoms with Gasteiger partial charge in [-0.05, 0) is 28.8 Å². The molecule has 0 amide bonds. The van der Waals surface area contributed by atoms with E-state index < -0.39 is 17.8 Å². The Morgan fingerprint density at radius 1 is 1.33 bits per heavy atom. The maximum atomic E-state index is 12.9. The highest BCUT2D eigenvalue weighted by atomic mass is 79.9. The summed E-state index contributed by atoms with van der Waals surface area (Å²) in [6, 6.07) is 0.138. The third-order valence-corrected chi connectivity index (χ3v) is 4.46. The molecule has 82 valence electrons. The summed E-state index contributed by atoms with van der Waals surface area (Å²) in [5, 5.41) is 11.5. The molecule has 15 heavy (non-hydrogen) atoms. The second-order valence-corrected chi connectivity index (χ2v) is 6.31. The van der Waals surface area contributed by atoms with Crippen LogP contribution in [0.25, 0.3) is 0 Å². The highest BCUT2D eigenvalue weighted by Crippen LogP contribution is 2.64. The number of nitrogens with zero attached hydrogens (tertiary/aromatic N) is 2. The molecule has 0 saturated heterocycles. The van der Waals surface area contributed by atoms with Crippen LogP contribution in [0.4, 0.5) is 13.9 Å². The van der Waals surface area contributed by atoms with Crippen molar-refractivity contribution in [3.05, 3.63) is 3.92 Å². The Hall–Kier alpha value is -0.300. The van der Waals surface area contributed by atoms with Crippen molar-refractivity contribution in [1.82, 2.24) is 10.2 Å². The smallest absolute Gasteiger partial charge is 0.254 e. The van der Waals surface area contributed by atoms with Crippen LogP contribution in [-0.2, 0) is 0 Å². The fourth-order valence-corrected chi connectivity index (χ4v) is 3.46. The molecule has 7 heteroatoms. The molecule has 2 aliphatic carbocycles. The largest absolute Gasteiger partial charge is 0.357 e. The maximum absolute atomic E-state index is 12.9. The van der Waals surface area contributed by atoms with E-state index in [-0.39, 0.29) is 6.04 Å². The fraction of sp³-hybridized carbons (Fsp3) is 0.750. The van der Waals surface area contributed by atoms with E-state index in [1.807, 2.05) is 0 Å². The summed E-state index contributed by atoms with van der Waals surface area (Å²) in [5.74, 6) is -3.18. The standard InChI is InChI=1S/C8H8BrF2N3S/c9-6-13-14-7(15-6)12-3-1-4-5(2-3)8(4,10)11/h3-5H,1-2H2,(H,12,14). The Kier molecular flexibility index (Phi) is 2.04. The number of aromatic nitrogens is 2. The molecule has 2 aliphatic rings. The Bertz CT molecular complexity index is 383. The van der Waals surface area contributed by atoms with Gasteiger partial charge in [-0.25, -0.2) is 8.78 Å². The molecule has 0 aliphatic heterocycles. The number of anilines is 1. The van der Waals surface area contributed by atoms with Crippen LogP contribution in [-0.4, -0.2) is 22.2 Å². The molecule has 1 N–H and O–H groups in total. The summed E-state index contributed by atoms with van der Waals surface area (Å²) in [7, 11) is 0. The quantitative estimate of drug-likeness (QED) is 0.912. The highest BCUT2D eigenvalue weighted by Gasteiger charge is 2.71. The predicted octanol–water partition coefficient (Wildman–Crippen LogP) is 2.76. The van der Waals surface area contributed by atoms with Crippen molar-refractivity contribution in [2.24, 2.45) is 11.8 Å². The molecule has 3 rings (SSSR count). The minimum Gasteiger partial charge on any atom is -0.357 e. The van der Waals surface area contributed by atoms with Crippen LogP contribution in [0.15, 0.2) is 3.92 Å². The molecule has 0 radical (unpaired) electrons. The first-order valence-corrected chi connectivity index (χ1v) is 6.31. The third-order valence-electron chi connectivity index (χ3n) is 3.17. The van der Waals surface area contributed by atoms with E-state index >= 15 is 0 Å². The monoisotopic (exact) mass is 295 g/mol. The van der Waals surface area contributed by atoms with Crippen LogP contribution >= 0.6 is 27.3 Å². The van der Waals surface area contributed by atoms with E-state index in [0.29, 0.717) is 21.9 Å². The number of rotatable bonds is 2. The topological polar surface area (TPSA) is 37.8 Å². The molecule has 2 saturated carbocycles. The van der Waals surface area contributed by atoms with Crippen molar-refractivity contribution in [3.63, 3.8) is 0 Å². The zero-order chi connectivity index (χ0) is 10.6. The van der Waals surface area contributed by atoms with Gasteiger partial charge in [0.1, 0.15) is 0 Å². The van der Waals surface area contributed by atoms with Gasteiger partial charge < -0.3 is 5.32 Å². The number of fused-ring (bicyclic) bond motifs is 1. The second-order valence-electron chi connectivity index (χ2n) is 4.06. The zero-order valence-corrected chi connectivity index (χ0v) is 9.99. The lowest BCUT2D eigenvalue weighted by Gasteiger charge is -2.14. The lowest BCUT2D eigenvalue weighted by Crippen LogP contribution is -2.21. The van der Waals surface area contributed by atoms with E-state index in [9.17, 15) is 8.78 Å². The van der Waals surface area contributed by atoms with E-state index in [4.69, 9.17) is 0 Å². The van der Waals surface area contributed by atoms with E-state index in [1.54, 1.807) is 0 Å². The first-order chi connectivity index (χ1) is 7.07. The number of halogens is 3. The molecule has 0 spiro atoms. The summed E-state index contributed by atoms with van der Waals surface area (Å²) in [6.07, 6.45) is 1.10. The molecule has 0 aromatic carbocycles. The SMILES string of the molecule is FC1(F)C2CC(Nc3nnc(Br)s3)CC21. The zero-order valence-electron chi connectivity index (χ0n) is 7.58. The second kappa shape index (κ2) is 3.10. The lowest BCUT2D eigenvalue weighted by atomic mass is 10.1. The molecule has 0 bridgehead atoms. The van der Waals surface area contributed by atoms with Crippen molar-refractivity contribution in [2.45, 2.75) is 24.8 Å². The summed E-state index contributed by atoms with van der Waals surface area (Å²) >= 11 is 4.59. The molecule has 2 atom stereocenters. The molecule has 1 aromatic rings. The Morgan fingerprint density at radius 2 is 2.00 bits per heavy atom. The summed E-state index contributed by atoms with van der Waals surface area (Å²) in [5.41, 5.74) is 0. The minimum atomic E-state index is -2.39. The molecular weight excluding hydrogens is 288 g/mol. The highest BCUT2D eigenvalue weighted by molar-refractivity contribution is 9.11. The van der Waals surface area contributed by atoms with Gasteiger partial charge >= 0.3 is 0 Å². The van der Waals surface area contributed by atoms with Gasteiger partial charge in [0, 0.05) is 17.9 Å².